The Balaban J connectivity index is 0.000000150. The van der Waals surface area contributed by atoms with E-state index in [1.807, 2.05) is 68.6 Å². The zero-order valence-electron chi connectivity index (χ0n) is 19.7. The SMILES string of the molecule is Cc1ccc(Br)c(N)c1.Cc1ccnc2c(B(O)O)cccc12.Cc1ccnc2c(Br)cccc12. The molecule has 0 aliphatic carbocycles. The first-order valence-electron chi connectivity index (χ1n) is 10.9. The molecule has 0 fully saturated rings. The molecule has 0 radical (unpaired) electrons. The van der Waals surface area contributed by atoms with E-state index >= 15 is 0 Å². The average molecular weight is 595 g/mol. The van der Waals surface area contributed by atoms with Crippen molar-refractivity contribution in [2.45, 2.75) is 20.8 Å². The molecule has 8 heteroatoms. The second-order valence-electron chi connectivity index (χ2n) is 8.03. The summed E-state index contributed by atoms with van der Waals surface area (Å²) in [5, 5.41) is 20.4. The number of fused-ring (bicyclic) bond motifs is 2. The minimum absolute atomic E-state index is 0.450. The average Bonchev–Trinajstić information content (AvgIpc) is 2.83. The number of anilines is 1. The Morgan fingerprint density at radius 1 is 0.714 bits per heavy atom. The Bertz CT molecular complexity index is 1420. The molecule has 35 heavy (non-hydrogen) atoms. The van der Waals surface area contributed by atoms with E-state index in [0.29, 0.717) is 11.0 Å². The first-order valence-corrected chi connectivity index (χ1v) is 12.5. The molecule has 0 unspecified atom stereocenters. The van der Waals surface area contributed by atoms with Gasteiger partial charge in [-0.2, -0.15) is 0 Å². The van der Waals surface area contributed by atoms with Gasteiger partial charge < -0.3 is 15.8 Å². The van der Waals surface area contributed by atoms with Crippen LogP contribution in [-0.4, -0.2) is 27.1 Å². The highest BCUT2D eigenvalue weighted by Crippen LogP contribution is 2.23. The van der Waals surface area contributed by atoms with E-state index in [1.54, 1.807) is 18.3 Å². The van der Waals surface area contributed by atoms with Gasteiger partial charge in [0.25, 0.3) is 0 Å². The zero-order valence-corrected chi connectivity index (χ0v) is 22.9. The van der Waals surface area contributed by atoms with Crippen molar-refractivity contribution in [3.8, 4) is 0 Å². The van der Waals surface area contributed by atoms with E-state index in [4.69, 9.17) is 15.8 Å². The van der Waals surface area contributed by atoms with Gasteiger partial charge in [0.15, 0.2) is 0 Å². The number of nitrogens with zero attached hydrogens (tertiary/aromatic N) is 2. The fraction of sp³-hybridized carbons (Fsp3) is 0.111. The summed E-state index contributed by atoms with van der Waals surface area (Å²) in [4.78, 5) is 8.44. The number of benzene rings is 3. The third-order valence-electron chi connectivity index (χ3n) is 5.39. The van der Waals surface area contributed by atoms with Gasteiger partial charge in [0.05, 0.1) is 11.0 Å². The van der Waals surface area contributed by atoms with Crippen molar-refractivity contribution in [1.82, 2.24) is 9.97 Å². The predicted octanol–water partition coefficient (Wildman–Crippen LogP) is 5.87. The highest BCUT2D eigenvalue weighted by Gasteiger charge is 2.15. The minimum atomic E-state index is -1.46. The van der Waals surface area contributed by atoms with E-state index in [9.17, 15) is 0 Å². The number of rotatable bonds is 1. The van der Waals surface area contributed by atoms with Gasteiger partial charge in [0.2, 0.25) is 0 Å². The number of nitrogen functional groups attached to an aromatic ring is 1. The molecule has 0 saturated carbocycles. The molecule has 5 rings (SSSR count). The summed E-state index contributed by atoms with van der Waals surface area (Å²) in [6.45, 7) is 6.08. The summed E-state index contributed by atoms with van der Waals surface area (Å²) >= 11 is 6.77. The highest BCUT2D eigenvalue weighted by molar-refractivity contribution is 9.11. The van der Waals surface area contributed by atoms with Crippen molar-refractivity contribution in [2.24, 2.45) is 0 Å². The summed E-state index contributed by atoms with van der Waals surface area (Å²) < 4.78 is 2.02. The van der Waals surface area contributed by atoms with Crippen LogP contribution in [0.5, 0.6) is 0 Å². The van der Waals surface area contributed by atoms with Gasteiger partial charge in [-0.05, 0) is 99.7 Å². The summed E-state index contributed by atoms with van der Waals surface area (Å²) in [7, 11) is -1.46. The lowest BCUT2D eigenvalue weighted by Crippen LogP contribution is -2.30. The van der Waals surface area contributed by atoms with Crippen LogP contribution in [0.4, 0.5) is 5.69 Å². The Hall–Kier alpha value is -2.78. The van der Waals surface area contributed by atoms with Crippen LogP contribution < -0.4 is 11.2 Å². The van der Waals surface area contributed by atoms with Crippen LogP contribution in [0.1, 0.15) is 16.7 Å². The molecular weight excluding hydrogens is 569 g/mol. The number of nitrogens with two attached hydrogens (primary N) is 1. The molecule has 178 valence electrons. The maximum atomic E-state index is 9.13. The fourth-order valence-corrected chi connectivity index (χ4v) is 4.20. The molecule has 0 amide bonds. The van der Waals surface area contributed by atoms with Crippen molar-refractivity contribution in [1.29, 1.82) is 0 Å². The second-order valence-corrected chi connectivity index (χ2v) is 9.74. The standard InChI is InChI=1S/C10H10BNO2.C10H8BrN.C7H8BrN/c1-7-5-6-12-10-8(7)3-2-4-9(10)11(13)14;1-7-5-6-12-10-8(7)3-2-4-9(10)11;1-5-2-3-6(8)7(9)4-5/h2-6,13-14H,1H3;2-6H,1H3;2-4H,9H2,1H3. The molecule has 0 aliphatic rings. The van der Waals surface area contributed by atoms with E-state index in [-0.39, 0.29) is 0 Å². The Kier molecular flexibility index (Phi) is 9.40. The van der Waals surface area contributed by atoms with Crippen LogP contribution >= 0.6 is 31.9 Å². The molecule has 0 atom stereocenters. The summed E-state index contributed by atoms with van der Waals surface area (Å²) in [6, 6.07) is 21.3. The van der Waals surface area contributed by atoms with Gasteiger partial charge in [-0.3, -0.25) is 9.97 Å². The zero-order chi connectivity index (χ0) is 25.5. The number of halogens is 2. The van der Waals surface area contributed by atoms with E-state index in [0.717, 1.165) is 31.1 Å². The molecular formula is C27H26BBr2N3O2. The van der Waals surface area contributed by atoms with Crippen molar-refractivity contribution < 1.29 is 10.0 Å². The molecule has 2 aromatic heterocycles. The smallest absolute Gasteiger partial charge is 0.423 e. The summed E-state index contributed by atoms with van der Waals surface area (Å²) in [5.41, 5.74) is 12.1. The lowest BCUT2D eigenvalue weighted by atomic mass is 9.78. The topological polar surface area (TPSA) is 92.3 Å². The maximum absolute atomic E-state index is 9.13. The summed E-state index contributed by atoms with van der Waals surface area (Å²) in [5.74, 6) is 0. The summed E-state index contributed by atoms with van der Waals surface area (Å²) in [6.07, 6.45) is 3.51. The Labute approximate surface area is 222 Å². The van der Waals surface area contributed by atoms with Crippen LogP contribution in [0.3, 0.4) is 0 Å². The number of aryl methyl sites for hydroxylation is 3. The van der Waals surface area contributed by atoms with Gasteiger partial charge in [-0.1, -0.05) is 36.4 Å². The van der Waals surface area contributed by atoms with Crippen molar-refractivity contribution >= 4 is 71.9 Å². The van der Waals surface area contributed by atoms with Gasteiger partial charge in [-0.15, -0.1) is 0 Å². The molecule has 0 spiro atoms. The van der Waals surface area contributed by atoms with Crippen LogP contribution in [0.25, 0.3) is 21.8 Å². The minimum Gasteiger partial charge on any atom is -0.423 e. The molecule has 4 N–H and O–H groups in total. The highest BCUT2D eigenvalue weighted by atomic mass is 79.9. The number of hydrogen-bond acceptors (Lipinski definition) is 5. The number of para-hydroxylation sites is 2. The molecule has 2 heterocycles. The number of hydrogen-bond donors (Lipinski definition) is 3. The van der Waals surface area contributed by atoms with Crippen molar-refractivity contribution in [2.75, 3.05) is 5.73 Å². The van der Waals surface area contributed by atoms with Crippen LogP contribution in [0, 0.1) is 20.8 Å². The number of aromatic nitrogens is 2. The van der Waals surface area contributed by atoms with Crippen LogP contribution in [0.2, 0.25) is 0 Å². The van der Waals surface area contributed by atoms with Crippen LogP contribution in [0.15, 0.2) is 88.1 Å². The third-order valence-corrected chi connectivity index (χ3v) is 6.75. The molecule has 5 nitrogen and oxygen atoms in total. The largest absolute Gasteiger partial charge is 0.490 e. The quantitative estimate of drug-likeness (QED) is 0.167. The maximum Gasteiger partial charge on any atom is 0.490 e. The van der Waals surface area contributed by atoms with E-state index < -0.39 is 7.12 Å². The van der Waals surface area contributed by atoms with E-state index in [2.05, 4.69) is 54.8 Å². The second kappa shape index (κ2) is 12.3. The van der Waals surface area contributed by atoms with Gasteiger partial charge in [0, 0.05) is 43.3 Å². The van der Waals surface area contributed by atoms with Crippen molar-refractivity contribution in [3.05, 3.63) is 105 Å². The van der Waals surface area contributed by atoms with Gasteiger partial charge in [-0.25, -0.2) is 0 Å². The van der Waals surface area contributed by atoms with Gasteiger partial charge >= 0.3 is 7.12 Å². The molecule has 0 saturated heterocycles. The molecule has 0 aliphatic heterocycles. The molecule has 0 bridgehead atoms. The van der Waals surface area contributed by atoms with Gasteiger partial charge in [0.1, 0.15) is 0 Å². The lowest BCUT2D eigenvalue weighted by Gasteiger charge is -2.05. The molecule has 3 aromatic carbocycles. The fourth-order valence-electron chi connectivity index (χ4n) is 3.49. The van der Waals surface area contributed by atoms with E-state index in [1.165, 1.54) is 16.5 Å². The van der Waals surface area contributed by atoms with Crippen LogP contribution in [-0.2, 0) is 0 Å². The Morgan fingerprint density at radius 2 is 1.29 bits per heavy atom. The predicted molar refractivity (Wildman–Crippen MR) is 154 cm³/mol. The molecule has 5 aromatic rings. The monoisotopic (exact) mass is 593 g/mol. The third kappa shape index (κ3) is 6.89. The normalized spacial score (nSPS) is 10.3. The Morgan fingerprint density at radius 3 is 1.83 bits per heavy atom. The first-order chi connectivity index (χ1) is 16.7. The van der Waals surface area contributed by atoms with Crippen molar-refractivity contribution in [3.63, 3.8) is 0 Å². The number of pyridine rings is 2. The lowest BCUT2D eigenvalue weighted by molar-refractivity contribution is 0.426. The first kappa shape index (κ1) is 26.8.